The Morgan fingerprint density at radius 2 is 2.22 bits per heavy atom. The highest BCUT2D eigenvalue weighted by atomic mass is 32.1. The monoisotopic (exact) mass is 266 g/mol. The first-order valence-electron chi connectivity index (χ1n) is 5.36. The van der Waals surface area contributed by atoms with E-state index in [2.05, 4.69) is 10.3 Å². The lowest BCUT2D eigenvalue weighted by Crippen LogP contribution is -2.32. The van der Waals surface area contributed by atoms with Crippen LogP contribution in [0.5, 0.6) is 0 Å². The summed E-state index contributed by atoms with van der Waals surface area (Å²) < 4.78 is 1.20. The Hall–Kier alpha value is -2.02. The number of nitrogens with one attached hydrogen (secondary N) is 2. The summed E-state index contributed by atoms with van der Waals surface area (Å²) in [7, 11) is 1.51. The zero-order valence-corrected chi connectivity index (χ0v) is 10.9. The smallest absolute Gasteiger partial charge is 0.329 e. The number of H-pyrrole nitrogens is 1. The summed E-state index contributed by atoms with van der Waals surface area (Å²) in [5.74, 6) is 0.137. The van der Waals surface area contributed by atoms with E-state index in [0.29, 0.717) is 6.54 Å². The van der Waals surface area contributed by atoms with Crippen molar-refractivity contribution >= 4 is 22.8 Å². The second kappa shape index (κ2) is 4.69. The van der Waals surface area contributed by atoms with Gasteiger partial charge in [0, 0.05) is 18.5 Å². The zero-order chi connectivity index (χ0) is 13.3. The van der Waals surface area contributed by atoms with Crippen LogP contribution in [0.2, 0.25) is 0 Å². The van der Waals surface area contributed by atoms with E-state index >= 15 is 0 Å². The largest absolute Gasteiger partial charge is 0.383 e. The molecule has 0 aromatic carbocycles. The first-order valence-corrected chi connectivity index (χ1v) is 6.24. The minimum atomic E-state index is -0.518. The van der Waals surface area contributed by atoms with E-state index in [-0.39, 0.29) is 11.5 Å². The predicted octanol–water partition coefficient (Wildman–Crippen LogP) is 0.638. The number of nitrogen functional groups attached to an aromatic ring is 1. The molecule has 0 bridgehead atoms. The molecule has 2 rings (SSSR count). The van der Waals surface area contributed by atoms with E-state index < -0.39 is 11.2 Å². The molecule has 2 heterocycles. The lowest BCUT2D eigenvalue weighted by molar-refractivity contribution is 0.813. The topological polar surface area (TPSA) is 92.9 Å². The Kier molecular flexibility index (Phi) is 3.24. The summed E-state index contributed by atoms with van der Waals surface area (Å²) in [5.41, 5.74) is 6.12. The molecule has 0 aliphatic rings. The fourth-order valence-corrected chi connectivity index (χ4v) is 2.41. The molecule has 0 saturated carbocycles. The normalized spacial score (nSPS) is 10.6. The van der Waals surface area contributed by atoms with Crippen molar-refractivity contribution in [3.8, 4) is 0 Å². The molecule has 4 N–H and O–H groups in total. The molecule has 0 amide bonds. The highest BCUT2D eigenvalue weighted by Gasteiger charge is 2.10. The molecule has 2 aromatic heterocycles. The Morgan fingerprint density at radius 3 is 2.83 bits per heavy atom. The first kappa shape index (κ1) is 12.4. The summed E-state index contributed by atoms with van der Waals surface area (Å²) in [6, 6.07) is 2.01. The second-order valence-corrected chi connectivity index (χ2v) is 4.96. The van der Waals surface area contributed by atoms with Crippen LogP contribution in [-0.2, 0) is 13.6 Å². The van der Waals surface area contributed by atoms with Crippen molar-refractivity contribution in [3.05, 3.63) is 42.7 Å². The number of nitrogens with two attached hydrogens (primary N) is 1. The molecule has 0 atom stereocenters. The number of nitrogens with zero attached hydrogens (tertiary/aromatic N) is 1. The van der Waals surface area contributed by atoms with Crippen LogP contribution in [0.1, 0.15) is 10.4 Å². The van der Waals surface area contributed by atoms with Gasteiger partial charge in [0.2, 0.25) is 0 Å². The molecule has 0 radical (unpaired) electrons. The fourth-order valence-electron chi connectivity index (χ4n) is 1.56. The van der Waals surface area contributed by atoms with Crippen molar-refractivity contribution in [2.75, 3.05) is 11.1 Å². The summed E-state index contributed by atoms with van der Waals surface area (Å²) in [5, 5.41) is 4.96. The van der Waals surface area contributed by atoms with Crippen molar-refractivity contribution in [1.82, 2.24) is 9.55 Å². The Bertz CT molecular complexity index is 683. The Morgan fingerprint density at radius 1 is 1.50 bits per heavy atom. The van der Waals surface area contributed by atoms with Gasteiger partial charge in [-0.3, -0.25) is 14.3 Å². The zero-order valence-electron chi connectivity index (χ0n) is 10.1. The van der Waals surface area contributed by atoms with Gasteiger partial charge in [-0.15, -0.1) is 11.3 Å². The third-order valence-corrected chi connectivity index (χ3v) is 3.79. The van der Waals surface area contributed by atoms with Crippen molar-refractivity contribution < 1.29 is 0 Å². The summed E-state index contributed by atoms with van der Waals surface area (Å²) in [6.07, 6.45) is 0. The van der Waals surface area contributed by atoms with E-state index in [4.69, 9.17) is 5.73 Å². The van der Waals surface area contributed by atoms with Crippen LogP contribution < -0.4 is 22.3 Å². The molecule has 0 saturated heterocycles. The van der Waals surface area contributed by atoms with Gasteiger partial charge in [-0.2, -0.15) is 0 Å². The third-order valence-electron chi connectivity index (χ3n) is 2.76. The number of aromatic amines is 1. The van der Waals surface area contributed by atoms with Crippen LogP contribution in [0.15, 0.2) is 21.0 Å². The molecule has 6 nitrogen and oxygen atoms in total. The van der Waals surface area contributed by atoms with E-state index in [1.807, 2.05) is 18.4 Å². The van der Waals surface area contributed by atoms with Crippen LogP contribution >= 0.6 is 11.3 Å². The maximum absolute atomic E-state index is 11.6. The molecule has 0 aliphatic carbocycles. The molecule has 0 fully saturated rings. The standard InChI is InChI=1S/C11H14N4O2S/c1-6-3-4-18-7(6)5-13-8-9(12)15(2)11(17)14-10(8)16/h3-4,13H,5,12H2,1-2H3,(H,14,16,17). The molecule has 0 spiro atoms. The molecule has 96 valence electrons. The van der Waals surface area contributed by atoms with Crippen molar-refractivity contribution in [2.24, 2.45) is 7.05 Å². The average Bonchev–Trinajstić information content (AvgIpc) is 2.72. The maximum Gasteiger partial charge on any atom is 0.329 e. The second-order valence-electron chi connectivity index (χ2n) is 3.96. The van der Waals surface area contributed by atoms with E-state index in [1.54, 1.807) is 11.3 Å². The predicted molar refractivity (Wildman–Crippen MR) is 73.1 cm³/mol. The van der Waals surface area contributed by atoms with Gasteiger partial charge in [-0.1, -0.05) is 0 Å². The highest BCUT2D eigenvalue weighted by molar-refractivity contribution is 7.10. The van der Waals surface area contributed by atoms with Crippen LogP contribution in [0.4, 0.5) is 11.5 Å². The summed E-state index contributed by atoms with van der Waals surface area (Å²) in [6.45, 7) is 2.51. The quantitative estimate of drug-likeness (QED) is 0.760. The Balaban J connectivity index is 2.31. The fraction of sp³-hybridized carbons (Fsp3) is 0.273. The van der Waals surface area contributed by atoms with Gasteiger partial charge in [0.1, 0.15) is 11.5 Å². The number of hydrogen-bond donors (Lipinski definition) is 3. The van der Waals surface area contributed by atoms with Crippen LogP contribution in [0, 0.1) is 6.92 Å². The van der Waals surface area contributed by atoms with E-state index in [1.165, 1.54) is 11.6 Å². The molecule has 0 aliphatic heterocycles. The number of rotatable bonds is 3. The van der Waals surface area contributed by atoms with Crippen molar-refractivity contribution in [3.63, 3.8) is 0 Å². The SMILES string of the molecule is Cc1ccsc1CNc1c(N)n(C)c(=O)[nH]c1=O. The van der Waals surface area contributed by atoms with Gasteiger partial charge in [-0.25, -0.2) is 4.79 Å². The van der Waals surface area contributed by atoms with Crippen LogP contribution in [0.3, 0.4) is 0 Å². The Labute approximate surface area is 107 Å². The first-order chi connectivity index (χ1) is 8.50. The minimum absolute atomic E-state index is 0.137. The van der Waals surface area contributed by atoms with Gasteiger partial charge >= 0.3 is 5.69 Å². The molecule has 2 aromatic rings. The van der Waals surface area contributed by atoms with Crippen molar-refractivity contribution in [2.45, 2.75) is 13.5 Å². The summed E-state index contributed by atoms with van der Waals surface area (Å²) in [4.78, 5) is 26.3. The van der Waals surface area contributed by atoms with E-state index in [0.717, 1.165) is 10.4 Å². The molecular formula is C11H14N4O2S. The molecular weight excluding hydrogens is 252 g/mol. The van der Waals surface area contributed by atoms with Gasteiger partial charge < -0.3 is 11.1 Å². The van der Waals surface area contributed by atoms with Crippen LogP contribution in [-0.4, -0.2) is 9.55 Å². The van der Waals surface area contributed by atoms with Gasteiger partial charge in [-0.05, 0) is 23.9 Å². The van der Waals surface area contributed by atoms with Crippen LogP contribution in [0.25, 0.3) is 0 Å². The lowest BCUT2D eigenvalue weighted by atomic mass is 10.3. The number of hydrogen-bond acceptors (Lipinski definition) is 5. The van der Waals surface area contributed by atoms with Gasteiger partial charge in [0.15, 0.2) is 0 Å². The molecule has 18 heavy (non-hydrogen) atoms. The van der Waals surface area contributed by atoms with Gasteiger partial charge in [0.25, 0.3) is 5.56 Å². The number of thiophene rings is 1. The maximum atomic E-state index is 11.6. The van der Waals surface area contributed by atoms with E-state index in [9.17, 15) is 9.59 Å². The average molecular weight is 266 g/mol. The van der Waals surface area contributed by atoms with Gasteiger partial charge in [0.05, 0.1) is 0 Å². The number of aryl methyl sites for hydroxylation is 1. The summed E-state index contributed by atoms with van der Waals surface area (Å²) >= 11 is 1.60. The van der Waals surface area contributed by atoms with Crippen molar-refractivity contribution in [1.29, 1.82) is 0 Å². The lowest BCUT2D eigenvalue weighted by Gasteiger charge is -2.10. The third kappa shape index (κ3) is 2.17. The number of aromatic nitrogens is 2. The molecule has 0 unspecified atom stereocenters. The number of anilines is 2. The minimum Gasteiger partial charge on any atom is -0.383 e. The molecule has 7 heteroatoms. The highest BCUT2D eigenvalue weighted by Crippen LogP contribution is 2.17.